The van der Waals surface area contributed by atoms with Crippen LogP contribution in [0.2, 0.25) is 0 Å². The molecule has 0 bridgehead atoms. The molecule has 0 fully saturated rings. The number of aromatic nitrogens is 3. The quantitative estimate of drug-likeness (QED) is 0.893. The summed E-state index contributed by atoms with van der Waals surface area (Å²) in [5.41, 5.74) is 2.42. The van der Waals surface area contributed by atoms with Gasteiger partial charge in [-0.1, -0.05) is 0 Å². The third-order valence-corrected chi connectivity index (χ3v) is 3.00. The van der Waals surface area contributed by atoms with Crippen molar-refractivity contribution in [2.75, 3.05) is 7.11 Å². The first kappa shape index (κ1) is 12.6. The number of hydrogen-bond acceptors (Lipinski definition) is 4. The van der Waals surface area contributed by atoms with Crippen molar-refractivity contribution in [3.05, 3.63) is 41.5 Å². The molecule has 1 N–H and O–H groups in total. The molecule has 1 unspecified atom stereocenters. The number of hydrogen-bond donors (Lipinski definition) is 1. The zero-order valence-electron chi connectivity index (χ0n) is 10.8. The van der Waals surface area contributed by atoms with Gasteiger partial charge in [-0.2, -0.15) is 5.10 Å². The molecule has 2 aromatic heterocycles. The fourth-order valence-corrected chi connectivity index (χ4v) is 1.97. The van der Waals surface area contributed by atoms with Crippen molar-refractivity contribution in [1.82, 2.24) is 14.8 Å². The van der Waals surface area contributed by atoms with E-state index in [1.54, 1.807) is 30.4 Å². The zero-order valence-corrected chi connectivity index (χ0v) is 10.8. The Morgan fingerprint density at radius 3 is 2.83 bits per heavy atom. The maximum atomic E-state index is 10.5. The molecule has 0 amide bonds. The minimum atomic E-state index is -0.781. The van der Waals surface area contributed by atoms with Gasteiger partial charge in [0.25, 0.3) is 0 Å². The van der Waals surface area contributed by atoms with Crippen LogP contribution < -0.4 is 4.74 Å². The molecule has 2 heterocycles. The lowest BCUT2D eigenvalue weighted by Crippen LogP contribution is -2.11. The number of aliphatic hydroxyl groups excluding tert-OH is 1. The number of aryl methyl sites for hydroxylation is 2. The highest BCUT2D eigenvalue weighted by Crippen LogP contribution is 2.30. The van der Waals surface area contributed by atoms with E-state index in [0.29, 0.717) is 18.0 Å². The molecular formula is C13H17N3O2. The number of nitrogens with zero attached hydrogens (tertiary/aromatic N) is 3. The van der Waals surface area contributed by atoms with E-state index in [1.807, 2.05) is 19.9 Å². The SMILES string of the molecule is CCn1ncc(OC)c1C(O)c1cnccc1C. The molecular weight excluding hydrogens is 230 g/mol. The monoisotopic (exact) mass is 247 g/mol. The van der Waals surface area contributed by atoms with Crippen molar-refractivity contribution < 1.29 is 9.84 Å². The Morgan fingerprint density at radius 1 is 1.44 bits per heavy atom. The van der Waals surface area contributed by atoms with Gasteiger partial charge in [0.05, 0.1) is 13.3 Å². The highest BCUT2D eigenvalue weighted by Gasteiger charge is 2.22. The smallest absolute Gasteiger partial charge is 0.163 e. The summed E-state index contributed by atoms with van der Waals surface area (Å²) in [4.78, 5) is 4.06. The molecule has 0 saturated carbocycles. The molecule has 5 heteroatoms. The number of pyridine rings is 1. The molecule has 1 atom stereocenters. The van der Waals surface area contributed by atoms with Crippen LogP contribution in [0.5, 0.6) is 5.75 Å². The van der Waals surface area contributed by atoms with Crippen molar-refractivity contribution in [3.8, 4) is 5.75 Å². The predicted octanol–water partition coefficient (Wildman–Crippen LogP) is 1.70. The van der Waals surface area contributed by atoms with Crippen LogP contribution in [0.1, 0.15) is 29.8 Å². The Balaban J connectivity index is 2.48. The van der Waals surface area contributed by atoms with Gasteiger partial charge in [0.2, 0.25) is 0 Å². The Bertz CT molecular complexity index is 515. The second kappa shape index (κ2) is 5.18. The summed E-state index contributed by atoms with van der Waals surface area (Å²) in [5, 5.41) is 14.7. The van der Waals surface area contributed by atoms with Gasteiger partial charge in [0, 0.05) is 24.5 Å². The van der Waals surface area contributed by atoms with Crippen molar-refractivity contribution >= 4 is 0 Å². The van der Waals surface area contributed by atoms with Crippen molar-refractivity contribution in [3.63, 3.8) is 0 Å². The van der Waals surface area contributed by atoms with E-state index in [4.69, 9.17) is 4.74 Å². The molecule has 0 aromatic carbocycles. The van der Waals surface area contributed by atoms with Gasteiger partial charge < -0.3 is 9.84 Å². The number of methoxy groups -OCH3 is 1. The third-order valence-electron chi connectivity index (χ3n) is 3.00. The minimum absolute atomic E-state index is 0.590. The maximum absolute atomic E-state index is 10.5. The van der Waals surface area contributed by atoms with Crippen LogP contribution >= 0.6 is 0 Å². The molecule has 0 aliphatic heterocycles. The van der Waals surface area contributed by atoms with Crippen LogP contribution in [0.3, 0.4) is 0 Å². The van der Waals surface area contributed by atoms with Crippen LogP contribution in [-0.2, 0) is 6.54 Å². The number of aliphatic hydroxyl groups is 1. The fraction of sp³-hybridized carbons (Fsp3) is 0.385. The van der Waals surface area contributed by atoms with Gasteiger partial charge in [-0.05, 0) is 25.5 Å². The topological polar surface area (TPSA) is 60.2 Å². The van der Waals surface area contributed by atoms with E-state index in [1.165, 1.54) is 0 Å². The van der Waals surface area contributed by atoms with E-state index < -0.39 is 6.10 Å². The van der Waals surface area contributed by atoms with Crippen LogP contribution in [0.25, 0.3) is 0 Å². The average Bonchev–Trinajstić information content (AvgIpc) is 2.81. The molecule has 96 valence electrons. The molecule has 0 radical (unpaired) electrons. The molecule has 0 aliphatic rings. The normalized spacial score (nSPS) is 12.4. The van der Waals surface area contributed by atoms with Gasteiger partial charge in [-0.3, -0.25) is 9.67 Å². The summed E-state index contributed by atoms with van der Waals surface area (Å²) < 4.78 is 6.98. The van der Waals surface area contributed by atoms with Crippen LogP contribution in [0, 0.1) is 6.92 Å². The minimum Gasteiger partial charge on any atom is -0.493 e. The largest absolute Gasteiger partial charge is 0.493 e. The number of ether oxygens (including phenoxy) is 1. The fourth-order valence-electron chi connectivity index (χ4n) is 1.97. The molecule has 0 saturated heterocycles. The van der Waals surface area contributed by atoms with Gasteiger partial charge >= 0.3 is 0 Å². The average molecular weight is 247 g/mol. The Morgan fingerprint density at radius 2 is 2.22 bits per heavy atom. The summed E-state index contributed by atoms with van der Waals surface area (Å²) in [6.45, 7) is 4.59. The standard InChI is InChI=1S/C13H17N3O2/c1-4-16-12(11(18-3)8-15-16)13(17)10-7-14-6-5-9(10)2/h5-8,13,17H,4H2,1-3H3. The molecule has 18 heavy (non-hydrogen) atoms. The second-order valence-corrected chi connectivity index (χ2v) is 4.05. The summed E-state index contributed by atoms with van der Waals surface area (Å²) in [6.07, 6.45) is 4.22. The lowest BCUT2D eigenvalue weighted by molar-refractivity contribution is 0.201. The van der Waals surface area contributed by atoms with Crippen LogP contribution in [0.15, 0.2) is 24.7 Å². The van der Waals surface area contributed by atoms with E-state index in [-0.39, 0.29) is 0 Å². The molecule has 5 nitrogen and oxygen atoms in total. The Kier molecular flexibility index (Phi) is 3.62. The molecule has 0 spiro atoms. The van der Waals surface area contributed by atoms with Gasteiger partial charge in [-0.15, -0.1) is 0 Å². The first-order chi connectivity index (χ1) is 8.69. The predicted molar refractivity (Wildman–Crippen MR) is 67.5 cm³/mol. The highest BCUT2D eigenvalue weighted by atomic mass is 16.5. The molecule has 2 aromatic rings. The summed E-state index contributed by atoms with van der Waals surface area (Å²) in [6, 6.07) is 1.87. The van der Waals surface area contributed by atoms with Crippen molar-refractivity contribution in [2.45, 2.75) is 26.5 Å². The maximum Gasteiger partial charge on any atom is 0.163 e. The first-order valence-corrected chi connectivity index (χ1v) is 5.87. The van der Waals surface area contributed by atoms with Crippen LogP contribution in [0.4, 0.5) is 0 Å². The lowest BCUT2D eigenvalue weighted by atomic mass is 10.0. The summed E-state index contributed by atoms with van der Waals surface area (Å²) in [5.74, 6) is 0.590. The summed E-state index contributed by atoms with van der Waals surface area (Å²) >= 11 is 0. The van der Waals surface area contributed by atoms with E-state index in [2.05, 4.69) is 10.1 Å². The van der Waals surface area contributed by atoms with Crippen molar-refractivity contribution in [1.29, 1.82) is 0 Å². The van der Waals surface area contributed by atoms with E-state index in [9.17, 15) is 5.11 Å². The van der Waals surface area contributed by atoms with Gasteiger partial charge in [0.1, 0.15) is 11.8 Å². The Labute approximate surface area is 106 Å². The first-order valence-electron chi connectivity index (χ1n) is 5.87. The van der Waals surface area contributed by atoms with Gasteiger partial charge in [-0.25, -0.2) is 0 Å². The summed E-state index contributed by atoms with van der Waals surface area (Å²) in [7, 11) is 1.57. The molecule has 2 rings (SSSR count). The van der Waals surface area contributed by atoms with E-state index in [0.717, 1.165) is 11.1 Å². The van der Waals surface area contributed by atoms with Gasteiger partial charge in [0.15, 0.2) is 5.75 Å². The Hall–Kier alpha value is -1.88. The lowest BCUT2D eigenvalue weighted by Gasteiger charge is -2.15. The van der Waals surface area contributed by atoms with Crippen molar-refractivity contribution in [2.24, 2.45) is 0 Å². The van der Waals surface area contributed by atoms with E-state index >= 15 is 0 Å². The highest BCUT2D eigenvalue weighted by molar-refractivity contribution is 5.36. The third kappa shape index (κ3) is 2.09. The number of rotatable bonds is 4. The van der Waals surface area contributed by atoms with Crippen LogP contribution in [-0.4, -0.2) is 27.0 Å². The zero-order chi connectivity index (χ0) is 13.1. The second-order valence-electron chi connectivity index (χ2n) is 4.05. The molecule has 0 aliphatic carbocycles.